The molecule has 0 fully saturated rings. The van der Waals surface area contributed by atoms with Crippen molar-refractivity contribution in [3.63, 3.8) is 0 Å². The van der Waals surface area contributed by atoms with Gasteiger partial charge in [-0.3, -0.25) is 0 Å². The largest absolute Gasteiger partial charge is 0.245 e. The number of tetrazole rings is 1. The van der Waals surface area contributed by atoms with Crippen LogP contribution in [0.1, 0.15) is 43.9 Å². The minimum Gasteiger partial charge on any atom is -0.245 e. The van der Waals surface area contributed by atoms with Crippen molar-refractivity contribution in [2.45, 2.75) is 46.1 Å². The van der Waals surface area contributed by atoms with Crippen molar-refractivity contribution in [2.75, 3.05) is 0 Å². The molecule has 2 aromatic heterocycles. The average molecular weight is 414 g/mol. The first-order valence-corrected chi connectivity index (χ1v) is 10.7. The summed E-state index contributed by atoms with van der Waals surface area (Å²) in [6.45, 7) is 4.93. The Hall–Kier alpha value is -3.61. The summed E-state index contributed by atoms with van der Waals surface area (Å²) >= 11 is 0. The number of unbranched alkanes of at least 4 members (excludes halogenated alkanes) is 1. The molecule has 0 saturated carbocycles. The fourth-order valence-corrected chi connectivity index (χ4v) is 3.55. The normalized spacial score (nSPS) is 11.4. The molecule has 4 aromatic rings. The molecule has 0 atom stereocenters. The van der Waals surface area contributed by atoms with Gasteiger partial charge in [0, 0.05) is 18.4 Å². The summed E-state index contributed by atoms with van der Waals surface area (Å²) in [6.07, 6.45) is 8.17. The van der Waals surface area contributed by atoms with Gasteiger partial charge in [-0.2, -0.15) is 5.10 Å². The summed E-state index contributed by atoms with van der Waals surface area (Å²) in [5, 5.41) is 19.1. The van der Waals surface area contributed by atoms with Gasteiger partial charge in [0.2, 0.25) is 0 Å². The van der Waals surface area contributed by atoms with Crippen LogP contribution in [0.4, 0.5) is 0 Å². The van der Waals surface area contributed by atoms with Crippen LogP contribution >= 0.6 is 0 Å². The SMILES string of the molecule is CC=CCc1nc(CCCC)nn1Cc1ccc(-c2ccccc2-c2nnn[nH]2)cc1. The molecule has 0 amide bonds. The maximum Gasteiger partial charge on any atom is 0.180 e. The molecule has 0 aliphatic heterocycles. The molecule has 158 valence electrons. The van der Waals surface area contributed by atoms with Gasteiger partial charge >= 0.3 is 0 Å². The zero-order chi connectivity index (χ0) is 21.5. The Labute approximate surface area is 182 Å². The molecule has 0 saturated heterocycles. The fraction of sp³-hybridized carbons (Fsp3) is 0.292. The number of rotatable bonds is 9. The number of aryl methyl sites for hydroxylation is 1. The van der Waals surface area contributed by atoms with Crippen LogP contribution in [0.25, 0.3) is 22.5 Å². The van der Waals surface area contributed by atoms with Crippen molar-refractivity contribution in [3.8, 4) is 22.5 Å². The summed E-state index contributed by atoms with van der Waals surface area (Å²) in [7, 11) is 0. The second-order valence-corrected chi connectivity index (χ2v) is 7.47. The molecule has 4 rings (SSSR count). The first-order chi connectivity index (χ1) is 15.3. The Morgan fingerprint density at radius 2 is 1.84 bits per heavy atom. The van der Waals surface area contributed by atoms with E-state index in [1.54, 1.807) is 0 Å². The van der Waals surface area contributed by atoms with Crippen LogP contribution in [0.15, 0.2) is 60.7 Å². The number of benzene rings is 2. The zero-order valence-electron chi connectivity index (χ0n) is 18.0. The number of nitrogens with one attached hydrogen (secondary N) is 1. The molecule has 0 radical (unpaired) electrons. The van der Waals surface area contributed by atoms with Gasteiger partial charge in [-0.05, 0) is 40.5 Å². The molecule has 7 heteroatoms. The van der Waals surface area contributed by atoms with E-state index >= 15 is 0 Å². The van der Waals surface area contributed by atoms with Crippen molar-refractivity contribution in [1.82, 2.24) is 35.4 Å². The lowest BCUT2D eigenvalue weighted by Crippen LogP contribution is -2.06. The molecule has 31 heavy (non-hydrogen) atoms. The number of aromatic nitrogens is 7. The smallest absolute Gasteiger partial charge is 0.180 e. The Morgan fingerprint density at radius 1 is 1.03 bits per heavy atom. The summed E-state index contributed by atoms with van der Waals surface area (Å²) < 4.78 is 2.04. The topological polar surface area (TPSA) is 85.2 Å². The van der Waals surface area contributed by atoms with Crippen molar-refractivity contribution in [1.29, 1.82) is 0 Å². The summed E-state index contributed by atoms with van der Waals surface area (Å²) in [4.78, 5) is 4.76. The molecule has 0 aliphatic carbocycles. The third-order valence-corrected chi connectivity index (χ3v) is 5.21. The van der Waals surface area contributed by atoms with Gasteiger partial charge in [-0.25, -0.2) is 14.8 Å². The van der Waals surface area contributed by atoms with E-state index in [2.05, 4.69) is 70.0 Å². The summed E-state index contributed by atoms with van der Waals surface area (Å²) in [6, 6.07) is 16.7. The number of allylic oxidation sites excluding steroid dienone is 2. The maximum atomic E-state index is 4.77. The molecule has 0 bridgehead atoms. The molecule has 7 nitrogen and oxygen atoms in total. The highest BCUT2D eigenvalue weighted by Gasteiger charge is 2.12. The number of H-pyrrole nitrogens is 1. The molecule has 0 spiro atoms. The molecule has 1 N–H and O–H groups in total. The number of nitrogens with zero attached hydrogens (tertiary/aromatic N) is 6. The van der Waals surface area contributed by atoms with Crippen LogP contribution in [-0.4, -0.2) is 35.4 Å². The second-order valence-electron chi connectivity index (χ2n) is 7.47. The number of hydrogen-bond donors (Lipinski definition) is 1. The van der Waals surface area contributed by atoms with Crippen LogP contribution in [0.5, 0.6) is 0 Å². The lowest BCUT2D eigenvalue weighted by atomic mass is 9.98. The fourth-order valence-electron chi connectivity index (χ4n) is 3.55. The van der Waals surface area contributed by atoms with Gasteiger partial charge < -0.3 is 0 Å². The highest BCUT2D eigenvalue weighted by Crippen LogP contribution is 2.29. The summed E-state index contributed by atoms with van der Waals surface area (Å²) in [5.41, 5.74) is 4.37. The third-order valence-electron chi connectivity index (χ3n) is 5.21. The third kappa shape index (κ3) is 4.94. The second kappa shape index (κ2) is 9.93. The van der Waals surface area contributed by atoms with Crippen molar-refractivity contribution in [3.05, 3.63) is 77.9 Å². The quantitative estimate of drug-likeness (QED) is 0.404. The van der Waals surface area contributed by atoms with Crippen LogP contribution in [-0.2, 0) is 19.4 Å². The standard InChI is InChI=1S/C24H27N7/c1-3-5-11-22-25-23(12-6-4-2)31(28-22)17-18-13-15-19(16-14-18)20-9-7-8-10-21(20)24-26-29-30-27-24/h4,6-10,13-16H,3,5,11-12,17H2,1-2H3,(H,26,27,29,30). The Kier molecular flexibility index (Phi) is 6.62. The highest BCUT2D eigenvalue weighted by molar-refractivity contribution is 5.80. The van der Waals surface area contributed by atoms with Gasteiger partial charge in [0.05, 0.1) is 6.54 Å². The number of aromatic amines is 1. The molecule has 2 aromatic carbocycles. The minimum atomic E-state index is 0.663. The molecule has 0 aliphatic rings. The molecular weight excluding hydrogens is 386 g/mol. The van der Waals surface area contributed by atoms with Gasteiger partial charge in [0.1, 0.15) is 5.82 Å². The minimum absolute atomic E-state index is 0.663. The van der Waals surface area contributed by atoms with E-state index in [0.717, 1.165) is 54.0 Å². The van der Waals surface area contributed by atoms with Crippen molar-refractivity contribution < 1.29 is 0 Å². The van der Waals surface area contributed by atoms with E-state index < -0.39 is 0 Å². The van der Waals surface area contributed by atoms with Crippen LogP contribution < -0.4 is 0 Å². The first-order valence-electron chi connectivity index (χ1n) is 10.7. The Bertz CT molecular complexity index is 1130. The summed E-state index contributed by atoms with van der Waals surface area (Å²) in [5.74, 6) is 2.61. The van der Waals surface area contributed by atoms with Gasteiger partial charge in [-0.1, -0.05) is 74.0 Å². The average Bonchev–Trinajstić information content (AvgIpc) is 3.47. The van der Waals surface area contributed by atoms with Crippen molar-refractivity contribution in [2.24, 2.45) is 0 Å². The molecule has 2 heterocycles. The lowest BCUT2D eigenvalue weighted by Gasteiger charge is -2.09. The van der Waals surface area contributed by atoms with Gasteiger partial charge in [0.25, 0.3) is 0 Å². The van der Waals surface area contributed by atoms with E-state index in [-0.39, 0.29) is 0 Å². The highest BCUT2D eigenvalue weighted by atomic mass is 15.5. The van der Waals surface area contributed by atoms with Crippen molar-refractivity contribution >= 4 is 0 Å². The Balaban J connectivity index is 1.57. The Morgan fingerprint density at radius 3 is 2.55 bits per heavy atom. The van der Waals surface area contributed by atoms with E-state index in [0.29, 0.717) is 12.4 Å². The lowest BCUT2D eigenvalue weighted by molar-refractivity contribution is 0.637. The van der Waals surface area contributed by atoms with E-state index in [1.807, 2.05) is 29.8 Å². The van der Waals surface area contributed by atoms with E-state index in [1.165, 1.54) is 5.56 Å². The van der Waals surface area contributed by atoms with E-state index in [9.17, 15) is 0 Å². The predicted molar refractivity (Wildman–Crippen MR) is 121 cm³/mol. The maximum absolute atomic E-state index is 4.77. The van der Waals surface area contributed by atoms with Crippen LogP contribution in [0, 0.1) is 0 Å². The predicted octanol–water partition coefficient (Wildman–Crippen LogP) is 4.63. The van der Waals surface area contributed by atoms with E-state index in [4.69, 9.17) is 10.1 Å². The van der Waals surface area contributed by atoms with Gasteiger partial charge in [-0.15, -0.1) is 5.10 Å². The molecular formula is C24H27N7. The monoisotopic (exact) mass is 413 g/mol. The van der Waals surface area contributed by atoms with Crippen LogP contribution in [0.3, 0.4) is 0 Å². The first kappa shape index (κ1) is 20.7. The van der Waals surface area contributed by atoms with Crippen LogP contribution in [0.2, 0.25) is 0 Å². The van der Waals surface area contributed by atoms with Gasteiger partial charge in [0.15, 0.2) is 11.6 Å². The molecule has 0 unspecified atom stereocenters. The number of hydrogen-bond acceptors (Lipinski definition) is 5. The zero-order valence-corrected chi connectivity index (χ0v) is 18.0.